The van der Waals surface area contributed by atoms with Gasteiger partial charge in [-0.2, -0.15) is 5.10 Å². The lowest BCUT2D eigenvalue weighted by Gasteiger charge is -2.10. The Bertz CT molecular complexity index is 1210. The monoisotopic (exact) mass is 478 g/mol. The van der Waals surface area contributed by atoms with E-state index in [1.165, 1.54) is 6.21 Å². The molecule has 3 rings (SSSR count). The summed E-state index contributed by atoms with van der Waals surface area (Å²) in [5.74, 6) is -1.54. The topological polar surface area (TPSA) is 109 Å². The third-order valence-corrected chi connectivity index (χ3v) is 4.90. The average molecular weight is 479 g/mol. The summed E-state index contributed by atoms with van der Waals surface area (Å²) in [6.45, 7) is 3.51. The van der Waals surface area contributed by atoms with Crippen LogP contribution in [0.2, 0.25) is 5.02 Å². The van der Waals surface area contributed by atoms with Crippen molar-refractivity contribution in [1.29, 1.82) is 0 Å². The lowest BCUT2D eigenvalue weighted by Crippen LogP contribution is -2.32. The molecule has 0 heterocycles. The number of carbonyl (C=O) groups is 3. The molecule has 8 nitrogen and oxygen atoms in total. The van der Waals surface area contributed by atoms with Gasteiger partial charge in [0.25, 0.3) is 5.91 Å². The molecular weight excluding hydrogens is 456 g/mol. The highest BCUT2D eigenvalue weighted by molar-refractivity contribution is 6.39. The van der Waals surface area contributed by atoms with Crippen molar-refractivity contribution in [1.82, 2.24) is 5.43 Å². The van der Waals surface area contributed by atoms with Crippen LogP contribution in [0.25, 0.3) is 0 Å². The van der Waals surface area contributed by atoms with E-state index >= 15 is 0 Å². The third-order valence-electron chi connectivity index (χ3n) is 4.66. The number of amides is 3. The maximum atomic E-state index is 12.1. The molecule has 3 aromatic rings. The number of ether oxygens (including phenoxy) is 1. The molecule has 0 aromatic heterocycles. The maximum absolute atomic E-state index is 12.1. The summed E-state index contributed by atoms with van der Waals surface area (Å²) < 4.78 is 5.46. The van der Waals surface area contributed by atoms with Gasteiger partial charge in [-0.15, -0.1) is 0 Å². The normalized spacial score (nSPS) is 10.6. The lowest BCUT2D eigenvalue weighted by atomic mass is 10.1. The minimum atomic E-state index is -0.885. The van der Waals surface area contributed by atoms with E-state index in [0.29, 0.717) is 27.7 Å². The summed E-state index contributed by atoms with van der Waals surface area (Å²) >= 11 is 5.89. The van der Waals surface area contributed by atoms with Crippen molar-refractivity contribution in [3.05, 3.63) is 88.4 Å². The van der Waals surface area contributed by atoms with Crippen LogP contribution in [-0.2, 0) is 14.4 Å². The number of hydrazone groups is 1. The van der Waals surface area contributed by atoms with E-state index < -0.39 is 11.8 Å². The van der Waals surface area contributed by atoms with Crippen molar-refractivity contribution in [3.8, 4) is 5.75 Å². The van der Waals surface area contributed by atoms with Crippen LogP contribution in [0.5, 0.6) is 5.75 Å². The van der Waals surface area contributed by atoms with E-state index in [4.69, 9.17) is 16.3 Å². The Hall–Kier alpha value is -4.17. The predicted molar refractivity (Wildman–Crippen MR) is 132 cm³/mol. The highest BCUT2D eigenvalue weighted by atomic mass is 35.5. The molecule has 0 saturated heterocycles. The predicted octanol–water partition coefficient (Wildman–Crippen LogP) is 4.06. The fourth-order valence-electron chi connectivity index (χ4n) is 2.96. The van der Waals surface area contributed by atoms with Gasteiger partial charge in [0.05, 0.1) is 6.21 Å². The molecule has 0 fully saturated rings. The summed E-state index contributed by atoms with van der Waals surface area (Å²) in [5, 5.41) is 9.61. The fourth-order valence-corrected chi connectivity index (χ4v) is 3.15. The van der Waals surface area contributed by atoms with E-state index in [2.05, 4.69) is 21.2 Å². The SMILES string of the molecule is Cc1cccc(C)c1NC(=O)C(=O)N/N=C\c1ccc(OCC(=O)Nc2cccc(Cl)c2)cc1. The van der Waals surface area contributed by atoms with Gasteiger partial charge in [0.15, 0.2) is 6.61 Å². The van der Waals surface area contributed by atoms with Crippen LogP contribution < -0.4 is 20.8 Å². The largest absolute Gasteiger partial charge is 0.484 e. The molecule has 3 N–H and O–H groups in total. The lowest BCUT2D eigenvalue weighted by molar-refractivity contribution is -0.136. The van der Waals surface area contributed by atoms with Gasteiger partial charge in [-0.25, -0.2) is 5.43 Å². The number of halogens is 1. The van der Waals surface area contributed by atoms with Crippen molar-refractivity contribution < 1.29 is 19.1 Å². The molecular formula is C25H23ClN4O4. The zero-order valence-electron chi connectivity index (χ0n) is 18.6. The number of aryl methyl sites for hydroxylation is 2. The quantitative estimate of drug-likeness (QED) is 0.270. The molecule has 0 saturated carbocycles. The molecule has 0 spiro atoms. The third kappa shape index (κ3) is 7.18. The number of para-hydroxylation sites is 1. The number of hydrogen-bond acceptors (Lipinski definition) is 5. The van der Waals surface area contributed by atoms with Gasteiger partial charge in [-0.3, -0.25) is 14.4 Å². The number of hydrogen-bond donors (Lipinski definition) is 3. The fraction of sp³-hybridized carbons (Fsp3) is 0.120. The molecule has 0 aliphatic heterocycles. The summed E-state index contributed by atoms with van der Waals surface area (Å²) in [4.78, 5) is 36.1. The van der Waals surface area contributed by atoms with Gasteiger partial charge in [0, 0.05) is 16.4 Å². The summed E-state index contributed by atoms with van der Waals surface area (Å²) in [6, 6.07) is 19.1. The molecule has 34 heavy (non-hydrogen) atoms. The van der Waals surface area contributed by atoms with Gasteiger partial charge in [-0.1, -0.05) is 35.9 Å². The second-order valence-corrected chi connectivity index (χ2v) is 7.77. The molecule has 174 valence electrons. The van der Waals surface area contributed by atoms with Crippen LogP contribution in [0.3, 0.4) is 0 Å². The van der Waals surface area contributed by atoms with Crippen LogP contribution in [-0.4, -0.2) is 30.5 Å². The Morgan fingerprint density at radius 2 is 1.59 bits per heavy atom. The summed E-state index contributed by atoms with van der Waals surface area (Å²) in [7, 11) is 0. The van der Waals surface area contributed by atoms with Gasteiger partial charge < -0.3 is 15.4 Å². The van der Waals surface area contributed by atoms with E-state index in [1.54, 1.807) is 48.5 Å². The minimum absolute atomic E-state index is 0.175. The van der Waals surface area contributed by atoms with E-state index in [0.717, 1.165) is 11.1 Å². The van der Waals surface area contributed by atoms with E-state index in [1.807, 2.05) is 32.0 Å². The Kier molecular flexibility index (Phi) is 8.37. The number of anilines is 2. The Morgan fingerprint density at radius 1 is 0.912 bits per heavy atom. The first-order valence-electron chi connectivity index (χ1n) is 10.3. The summed E-state index contributed by atoms with van der Waals surface area (Å²) in [5.41, 5.74) is 5.75. The first-order valence-corrected chi connectivity index (χ1v) is 10.7. The number of carbonyl (C=O) groups excluding carboxylic acids is 3. The van der Waals surface area contributed by atoms with E-state index in [9.17, 15) is 14.4 Å². The maximum Gasteiger partial charge on any atom is 0.329 e. The molecule has 0 bridgehead atoms. The minimum Gasteiger partial charge on any atom is -0.484 e. The molecule has 0 radical (unpaired) electrons. The second kappa shape index (κ2) is 11.6. The van der Waals surface area contributed by atoms with Gasteiger partial charge in [0.1, 0.15) is 5.75 Å². The Balaban J connectivity index is 1.45. The van der Waals surface area contributed by atoms with Gasteiger partial charge in [-0.05, 0) is 73.0 Å². The van der Waals surface area contributed by atoms with Crippen LogP contribution in [0.4, 0.5) is 11.4 Å². The van der Waals surface area contributed by atoms with E-state index in [-0.39, 0.29) is 12.5 Å². The number of nitrogens with one attached hydrogen (secondary N) is 3. The van der Waals surface area contributed by atoms with Crippen molar-refractivity contribution >= 4 is 46.9 Å². The molecule has 0 aliphatic carbocycles. The number of rotatable bonds is 7. The van der Waals surface area contributed by atoms with Crippen molar-refractivity contribution in [2.45, 2.75) is 13.8 Å². The standard InChI is InChI=1S/C25H23ClN4O4/c1-16-5-3-6-17(2)23(16)29-24(32)25(33)30-27-14-18-9-11-21(12-10-18)34-15-22(31)28-20-8-4-7-19(26)13-20/h3-14H,15H2,1-2H3,(H,28,31)(H,29,32)(H,30,33)/b27-14-. The first-order chi connectivity index (χ1) is 16.3. The van der Waals surface area contributed by atoms with Crippen LogP contribution in [0.1, 0.15) is 16.7 Å². The Labute approximate surface area is 202 Å². The van der Waals surface area contributed by atoms with Gasteiger partial charge in [0.2, 0.25) is 0 Å². The van der Waals surface area contributed by atoms with Gasteiger partial charge >= 0.3 is 11.8 Å². The highest BCUT2D eigenvalue weighted by Gasteiger charge is 2.15. The first kappa shape index (κ1) is 24.5. The number of benzene rings is 3. The van der Waals surface area contributed by atoms with Crippen molar-refractivity contribution in [2.75, 3.05) is 17.2 Å². The molecule has 0 aliphatic rings. The summed E-state index contributed by atoms with van der Waals surface area (Å²) in [6.07, 6.45) is 1.39. The molecule has 0 atom stereocenters. The molecule has 9 heteroatoms. The van der Waals surface area contributed by atoms with Crippen LogP contribution >= 0.6 is 11.6 Å². The van der Waals surface area contributed by atoms with Crippen molar-refractivity contribution in [3.63, 3.8) is 0 Å². The van der Waals surface area contributed by atoms with Crippen LogP contribution in [0, 0.1) is 13.8 Å². The zero-order valence-corrected chi connectivity index (χ0v) is 19.3. The molecule has 3 aromatic carbocycles. The average Bonchev–Trinajstić information content (AvgIpc) is 2.81. The van der Waals surface area contributed by atoms with Crippen molar-refractivity contribution in [2.24, 2.45) is 5.10 Å². The zero-order chi connectivity index (χ0) is 24.5. The second-order valence-electron chi connectivity index (χ2n) is 7.34. The smallest absolute Gasteiger partial charge is 0.329 e. The number of nitrogens with zero attached hydrogens (tertiary/aromatic N) is 1. The molecule has 0 unspecified atom stereocenters. The molecule has 3 amide bonds. The highest BCUT2D eigenvalue weighted by Crippen LogP contribution is 2.19. The van der Waals surface area contributed by atoms with Crippen LogP contribution in [0.15, 0.2) is 71.8 Å². The Morgan fingerprint density at radius 3 is 2.26 bits per heavy atom.